The summed E-state index contributed by atoms with van der Waals surface area (Å²) >= 11 is 0. The van der Waals surface area contributed by atoms with Gasteiger partial charge in [-0.1, -0.05) is 37.3 Å². The first kappa shape index (κ1) is 16.5. The van der Waals surface area contributed by atoms with Gasteiger partial charge in [0, 0.05) is 51.9 Å². The van der Waals surface area contributed by atoms with Crippen LogP contribution in [0.2, 0.25) is 0 Å². The number of benzene rings is 1. The Balaban J connectivity index is 1.58. The van der Waals surface area contributed by atoms with E-state index in [4.69, 9.17) is 4.74 Å². The fraction of sp³-hybridized carbons (Fsp3) is 0.632. The topological polar surface area (TPSA) is 32.8 Å². The molecule has 1 aromatic carbocycles. The minimum atomic E-state index is 0.177. The largest absolute Gasteiger partial charge is 0.381 e. The highest BCUT2D eigenvalue weighted by atomic mass is 16.5. The second-order valence-corrected chi connectivity index (χ2v) is 7.00. The number of ether oxygens (including phenoxy) is 1. The van der Waals surface area contributed by atoms with Crippen LogP contribution in [-0.2, 0) is 16.1 Å². The van der Waals surface area contributed by atoms with E-state index in [1.54, 1.807) is 0 Å². The zero-order valence-corrected chi connectivity index (χ0v) is 14.1. The van der Waals surface area contributed by atoms with Gasteiger partial charge in [0.2, 0.25) is 5.91 Å². The molecular weight excluding hydrogens is 288 g/mol. The third-order valence-electron chi connectivity index (χ3n) is 4.92. The monoisotopic (exact) mass is 316 g/mol. The molecule has 0 aliphatic carbocycles. The maximum atomic E-state index is 12.8. The Morgan fingerprint density at radius 2 is 1.87 bits per heavy atom. The van der Waals surface area contributed by atoms with Gasteiger partial charge in [-0.25, -0.2) is 0 Å². The lowest BCUT2D eigenvalue weighted by atomic mass is 9.98. The summed E-state index contributed by atoms with van der Waals surface area (Å²) in [7, 11) is 0. The molecule has 2 fully saturated rings. The van der Waals surface area contributed by atoms with Crippen molar-refractivity contribution in [3.05, 3.63) is 35.9 Å². The van der Waals surface area contributed by atoms with E-state index in [-0.39, 0.29) is 5.92 Å². The van der Waals surface area contributed by atoms with Crippen molar-refractivity contribution in [3.8, 4) is 0 Å². The van der Waals surface area contributed by atoms with E-state index in [1.807, 2.05) is 0 Å². The second kappa shape index (κ2) is 7.93. The Labute approximate surface area is 139 Å². The third-order valence-corrected chi connectivity index (χ3v) is 4.92. The van der Waals surface area contributed by atoms with E-state index in [2.05, 4.69) is 47.1 Å². The minimum Gasteiger partial charge on any atom is -0.381 e. The number of hydrogen-bond donors (Lipinski definition) is 0. The molecule has 2 aliphatic rings. The molecule has 1 atom stereocenters. The average Bonchev–Trinajstić information content (AvgIpc) is 2.77. The molecule has 126 valence electrons. The summed E-state index contributed by atoms with van der Waals surface area (Å²) < 4.78 is 5.39. The van der Waals surface area contributed by atoms with Gasteiger partial charge in [0.15, 0.2) is 0 Å². The Bertz CT molecular complexity index is 499. The normalized spacial score (nSPS) is 24.4. The first-order chi connectivity index (χ1) is 11.2. The first-order valence-corrected chi connectivity index (χ1v) is 8.85. The van der Waals surface area contributed by atoms with Gasteiger partial charge in [-0.2, -0.15) is 0 Å². The summed E-state index contributed by atoms with van der Waals surface area (Å²) in [6.45, 7) is 8.48. The van der Waals surface area contributed by atoms with Crippen molar-refractivity contribution in [2.45, 2.75) is 26.3 Å². The molecule has 0 N–H and O–H groups in total. The first-order valence-electron chi connectivity index (χ1n) is 8.85. The Morgan fingerprint density at radius 1 is 1.13 bits per heavy atom. The van der Waals surface area contributed by atoms with Gasteiger partial charge in [-0.3, -0.25) is 9.69 Å². The molecule has 1 aromatic rings. The quantitative estimate of drug-likeness (QED) is 0.858. The van der Waals surface area contributed by atoms with E-state index in [1.165, 1.54) is 5.56 Å². The lowest BCUT2D eigenvalue weighted by Gasteiger charge is -2.29. The molecule has 2 saturated heterocycles. The average molecular weight is 316 g/mol. The zero-order chi connectivity index (χ0) is 16.1. The molecule has 4 nitrogen and oxygen atoms in total. The standard InChI is InChI=1S/C19H28N2O2/c1-16-13-20(15-17-5-3-2-4-6-17)9-10-21(14-16)19(22)18-7-11-23-12-8-18/h2-6,16,18H,7-15H2,1H3. The molecule has 1 unspecified atom stereocenters. The van der Waals surface area contributed by atoms with Gasteiger partial charge < -0.3 is 9.64 Å². The Kier molecular flexibility index (Phi) is 5.68. The van der Waals surface area contributed by atoms with Gasteiger partial charge >= 0.3 is 0 Å². The number of rotatable bonds is 3. The van der Waals surface area contributed by atoms with Crippen LogP contribution in [0.5, 0.6) is 0 Å². The Hall–Kier alpha value is -1.39. The van der Waals surface area contributed by atoms with Crippen molar-refractivity contribution in [1.29, 1.82) is 0 Å². The van der Waals surface area contributed by atoms with Gasteiger partial charge in [0.05, 0.1) is 0 Å². The van der Waals surface area contributed by atoms with E-state index in [0.29, 0.717) is 11.8 Å². The van der Waals surface area contributed by atoms with Crippen molar-refractivity contribution >= 4 is 5.91 Å². The molecule has 0 spiro atoms. The van der Waals surface area contributed by atoms with Crippen LogP contribution < -0.4 is 0 Å². The predicted octanol–water partition coefficient (Wildman–Crippen LogP) is 2.39. The summed E-state index contributed by atoms with van der Waals surface area (Å²) in [6, 6.07) is 10.6. The molecule has 3 rings (SSSR count). The number of carbonyl (C=O) groups is 1. The van der Waals surface area contributed by atoms with Crippen LogP contribution in [0.4, 0.5) is 0 Å². The highest BCUT2D eigenvalue weighted by Gasteiger charge is 2.29. The summed E-state index contributed by atoms with van der Waals surface area (Å²) in [5.74, 6) is 1.04. The van der Waals surface area contributed by atoms with Gasteiger partial charge in [0.25, 0.3) is 0 Å². The van der Waals surface area contributed by atoms with Crippen molar-refractivity contribution in [2.75, 3.05) is 39.4 Å². The summed E-state index contributed by atoms with van der Waals surface area (Å²) in [6.07, 6.45) is 1.77. The fourth-order valence-corrected chi connectivity index (χ4v) is 3.71. The van der Waals surface area contributed by atoms with Crippen LogP contribution >= 0.6 is 0 Å². The number of nitrogens with zero attached hydrogens (tertiary/aromatic N) is 2. The molecular formula is C19H28N2O2. The molecule has 2 heterocycles. The van der Waals surface area contributed by atoms with E-state index in [9.17, 15) is 4.79 Å². The third kappa shape index (κ3) is 4.55. The van der Waals surface area contributed by atoms with Crippen molar-refractivity contribution in [1.82, 2.24) is 9.80 Å². The number of amides is 1. The van der Waals surface area contributed by atoms with Crippen molar-refractivity contribution in [3.63, 3.8) is 0 Å². The molecule has 4 heteroatoms. The highest BCUT2D eigenvalue weighted by molar-refractivity contribution is 5.79. The lowest BCUT2D eigenvalue weighted by molar-refractivity contribution is -0.138. The molecule has 23 heavy (non-hydrogen) atoms. The van der Waals surface area contributed by atoms with Gasteiger partial charge in [-0.05, 0) is 24.3 Å². The van der Waals surface area contributed by atoms with Crippen LogP contribution in [0.3, 0.4) is 0 Å². The molecule has 1 amide bonds. The van der Waals surface area contributed by atoms with Gasteiger partial charge in [0.1, 0.15) is 0 Å². The molecule has 0 aromatic heterocycles. The zero-order valence-electron chi connectivity index (χ0n) is 14.1. The number of carbonyl (C=O) groups excluding carboxylic acids is 1. The van der Waals surface area contributed by atoms with Crippen LogP contribution in [0.1, 0.15) is 25.3 Å². The summed E-state index contributed by atoms with van der Waals surface area (Å²) in [5.41, 5.74) is 1.35. The molecule has 0 saturated carbocycles. The lowest BCUT2D eigenvalue weighted by Crippen LogP contribution is -2.41. The summed E-state index contributed by atoms with van der Waals surface area (Å²) in [5, 5.41) is 0. The second-order valence-electron chi connectivity index (χ2n) is 7.00. The van der Waals surface area contributed by atoms with E-state index in [0.717, 1.165) is 58.8 Å². The van der Waals surface area contributed by atoms with Crippen LogP contribution in [-0.4, -0.2) is 55.1 Å². The van der Waals surface area contributed by atoms with Crippen molar-refractivity contribution < 1.29 is 9.53 Å². The predicted molar refractivity (Wildman–Crippen MR) is 91.0 cm³/mol. The fourth-order valence-electron chi connectivity index (χ4n) is 3.71. The molecule has 0 radical (unpaired) electrons. The van der Waals surface area contributed by atoms with Crippen LogP contribution in [0.15, 0.2) is 30.3 Å². The maximum absolute atomic E-state index is 12.8. The van der Waals surface area contributed by atoms with Crippen molar-refractivity contribution in [2.24, 2.45) is 11.8 Å². The summed E-state index contributed by atoms with van der Waals surface area (Å²) in [4.78, 5) is 17.4. The Morgan fingerprint density at radius 3 is 2.61 bits per heavy atom. The SMILES string of the molecule is CC1CN(Cc2ccccc2)CCN(C(=O)C2CCOCC2)C1. The van der Waals surface area contributed by atoms with E-state index < -0.39 is 0 Å². The maximum Gasteiger partial charge on any atom is 0.225 e. The molecule has 0 bridgehead atoms. The van der Waals surface area contributed by atoms with E-state index >= 15 is 0 Å². The highest BCUT2D eigenvalue weighted by Crippen LogP contribution is 2.20. The minimum absolute atomic E-state index is 0.177. The van der Waals surface area contributed by atoms with Gasteiger partial charge in [-0.15, -0.1) is 0 Å². The van der Waals surface area contributed by atoms with Crippen LogP contribution in [0.25, 0.3) is 0 Å². The molecule has 2 aliphatic heterocycles. The smallest absolute Gasteiger partial charge is 0.225 e. The number of hydrogen-bond acceptors (Lipinski definition) is 3. The van der Waals surface area contributed by atoms with Crippen LogP contribution in [0, 0.1) is 11.8 Å².